The molecule has 1 aliphatic heterocycles. The Labute approximate surface area is 123 Å². The van der Waals surface area contributed by atoms with Crippen LogP contribution in [0.3, 0.4) is 0 Å². The molecule has 0 radical (unpaired) electrons. The minimum absolute atomic E-state index is 0.173. The van der Waals surface area contributed by atoms with Gasteiger partial charge in [-0.15, -0.1) is 0 Å². The standard InChI is InChI=1S/C13H6ClN3O4/c14-7-5-15-10(16-6-7)13(20)21-17-11(18)8-3-1-2-4-9(8)12(17)19/h1-6H. The molecule has 0 aliphatic carbocycles. The molecular formula is C13H6ClN3O4. The fraction of sp³-hybridized carbons (Fsp3) is 0. The number of imide groups is 1. The van der Waals surface area contributed by atoms with Crippen LogP contribution in [0.4, 0.5) is 0 Å². The van der Waals surface area contributed by atoms with Crippen LogP contribution in [-0.4, -0.2) is 32.8 Å². The summed E-state index contributed by atoms with van der Waals surface area (Å²) in [5, 5.41) is 0.637. The number of amides is 2. The summed E-state index contributed by atoms with van der Waals surface area (Å²) in [6.07, 6.45) is 2.40. The number of carbonyl (C=O) groups excluding carboxylic acids is 3. The van der Waals surface area contributed by atoms with E-state index in [9.17, 15) is 14.4 Å². The fourth-order valence-corrected chi connectivity index (χ4v) is 1.89. The predicted octanol–water partition coefficient (Wildman–Crippen LogP) is 1.50. The Bertz CT molecular complexity index is 725. The second-order valence-corrected chi connectivity index (χ2v) is 4.49. The number of carbonyl (C=O) groups is 3. The van der Waals surface area contributed by atoms with Crippen molar-refractivity contribution >= 4 is 29.4 Å². The molecular weight excluding hydrogens is 298 g/mol. The van der Waals surface area contributed by atoms with Crippen molar-refractivity contribution in [3.63, 3.8) is 0 Å². The minimum Gasteiger partial charge on any atom is -0.321 e. The lowest BCUT2D eigenvalue weighted by molar-refractivity contribution is -0.0592. The molecule has 0 spiro atoms. The number of benzene rings is 1. The van der Waals surface area contributed by atoms with E-state index in [0.29, 0.717) is 5.06 Å². The van der Waals surface area contributed by atoms with E-state index in [-0.39, 0.29) is 22.0 Å². The first-order valence-corrected chi connectivity index (χ1v) is 6.13. The molecule has 3 rings (SSSR count). The van der Waals surface area contributed by atoms with E-state index < -0.39 is 17.8 Å². The highest BCUT2D eigenvalue weighted by atomic mass is 35.5. The molecule has 0 saturated heterocycles. The van der Waals surface area contributed by atoms with Crippen LogP contribution in [-0.2, 0) is 4.84 Å². The molecule has 1 aromatic carbocycles. The van der Waals surface area contributed by atoms with Gasteiger partial charge < -0.3 is 4.84 Å². The summed E-state index contributed by atoms with van der Waals surface area (Å²) in [7, 11) is 0. The Morgan fingerprint density at radius 1 is 1.05 bits per heavy atom. The van der Waals surface area contributed by atoms with E-state index in [1.54, 1.807) is 12.1 Å². The third-order valence-electron chi connectivity index (χ3n) is 2.73. The number of halogens is 1. The summed E-state index contributed by atoms with van der Waals surface area (Å²) in [5.41, 5.74) is 0.347. The number of rotatable bonds is 2. The zero-order valence-corrected chi connectivity index (χ0v) is 11.1. The summed E-state index contributed by atoms with van der Waals surface area (Å²) < 4.78 is 0. The van der Waals surface area contributed by atoms with Crippen LogP contribution < -0.4 is 0 Å². The van der Waals surface area contributed by atoms with Crippen LogP contribution in [0.5, 0.6) is 0 Å². The number of hydrogen-bond acceptors (Lipinski definition) is 6. The third kappa shape index (κ3) is 2.23. The number of fused-ring (bicyclic) bond motifs is 1. The number of nitrogens with zero attached hydrogens (tertiary/aromatic N) is 3. The molecule has 7 nitrogen and oxygen atoms in total. The quantitative estimate of drug-likeness (QED) is 0.781. The first-order valence-electron chi connectivity index (χ1n) is 5.75. The Morgan fingerprint density at radius 2 is 1.57 bits per heavy atom. The van der Waals surface area contributed by atoms with Gasteiger partial charge in [-0.3, -0.25) is 9.59 Å². The molecule has 8 heteroatoms. The summed E-state index contributed by atoms with van der Waals surface area (Å²) in [5.74, 6) is -2.76. The molecule has 0 saturated carbocycles. The smallest absolute Gasteiger partial charge is 0.321 e. The average Bonchev–Trinajstić information content (AvgIpc) is 2.73. The topological polar surface area (TPSA) is 89.5 Å². The second kappa shape index (κ2) is 4.95. The highest BCUT2D eigenvalue weighted by Gasteiger charge is 2.39. The zero-order chi connectivity index (χ0) is 15.0. The Morgan fingerprint density at radius 3 is 2.10 bits per heavy atom. The predicted molar refractivity (Wildman–Crippen MR) is 69.4 cm³/mol. The van der Waals surface area contributed by atoms with Gasteiger partial charge in [0.25, 0.3) is 11.8 Å². The summed E-state index contributed by atoms with van der Waals surface area (Å²) in [4.78, 5) is 47.9. The maximum atomic E-state index is 12.0. The van der Waals surface area contributed by atoms with Crippen LogP contribution in [0, 0.1) is 0 Å². The van der Waals surface area contributed by atoms with Crippen molar-refractivity contribution in [1.29, 1.82) is 0 Å². The molecule has 0 unspecified atom stereocenters. The normalized spacial score (nSPS) is 13.3. The molecule has 0 atom stereocenters. The highest BCUT2D eigenvalue weighted by molar-refractivity contribution is 6.30. The second-order valence-electron chi connectivity index (χ2n) is 4.05. The largest absolute Gasteiger partial charge is 0.401 e. The first kappa shape index (κ1) is 13.2. The van der Waals surface area contributed by atoms with Gasteiger partial charge in [0.1, 0.15) is 0 Å². The first-order chi connectivity index (χ1) is 10.1. The van der Waals surface area contributed by atoms with E-state index in [0.717, 1.165) is 0 Å². The van der Waals surface area contributed by atoms with E-state index in [1.165, 1.54) is 24.5 Å². The lowest BCUT2D eigenvalue weighted by Gasteiger charge is -2.11. The van der Waals surface area contributed by atoms with Gasteiger partial charge >= 0.3 is 5.97 Å². The number of aromatic nitrogens is 2. The van der Waals surface area contributed by atoms with Crippen LogP contribution in [0.25, 0.3) is 0 Å². The number of hydrogen-bond donors (Lipinski definition) is 0. The minimum atomic E-state index is -1.03. The molecule has 2 aromatic rings. The van der Waals surface area contributed by atoms with Gasteiger partial charge in [0.05, 0.1) is 16.1 Å². The fourth-order valence-electron chi connectivity index (χ4n) is 1.79. The Hall–Kier alpha value is -2.80. The van der Waals surface area contributed by atoms with Crippen LogP contribution in [0.1, 0.15) is 31.3 Å². The Kier molecular flexibility index (Phi) is 3.11. The Balaban J connectivity index is 1.84. The monoisotopic (exact) mass is 303 g/mol. The van der Waals surface area contributed by atoms with Crippen molar-refractivity contribution in [2.75, 3.05) is 0 Å². The molecule has 1 aliphatic rings. The van der Waals surface area contributed by atoms with E-state index in [1.807, 2.05) is 0 Å². The lowest BCUT2D eigenvalue weighted by Crippen LogP contribution is -2.33. The molecule has 0 N–H and O–H groups in total. The van der Waals surface area contributed by atoms with Gasteiger partial charge in [-0.1, -0.05) is 28.8 Å². The molecule has 0 fully saturated rings. The lowest BCUT2D eigenvalue weighted by atomic mass is 10.1. The average molecular weight is 304 g/mol. The molecule has 104 valence electrons. The third-order valence-corrected chi connectivity index (χ3v) is 2.93. The van der Waals surface area contributed by atoms with Crippen molar-refractivity contribution in [2.24, 2.45) is 0 Å². The molecule has 1 aromatic heterocycles. The molecule has 0 bridgehead atoms. The maximum absolute atomic E-state index is 12.0. The van der Waals surface area contributed by atoms with Gasteiger partial charge in [0.2, 0.25) is 5.82 Å². The van der Waals surface area contributed by atoms with Crippen molar-refractivity contribution in [3.8, 4) is 0 Å². The van der Waals surface area contributed by atoms with Crippen molar-refractivity contribution in [3.05, 3.63) is 58.6 Å². The SMILES string of the molecule is O=C(ON1C(=O)c2ccccc2C1=O)c1ncc(Cl)cn1. The van der Waals surface area contributed by atoms with E-state index in [4.69, 9.17) is 16.4 Å². The van der Waals surface area contributed by atoms with Crippen molar-refractivity contribution in [2.45, 2.75) is 0 Å². The van der Waals surface area contributed by atoms with Crippen LogP contribution in [0.15, 0.2) is 36.7 Å². The molecule has 21 heavy (non-hydrogen) atoms. The summed E-state index contributed by atoms with van der Waals surface area (Å²) >= 11 is 5.60. The maximum Gasteiger partial charge on any atom is 0.401 e. The van der Waals surface area contributed by atoms with Gasteiger partial charge in [0.15, 0.2) is 0 Å². The van der Waals surface area contributed by atoms with E-state index >= 15 is 0 Å². The summed E-state index contributed by atoms with van der Waals surface area (Å²) in [6.45, 7) is 0. The van der Waals surface area contributed by atoms with Crippen molar-refractivity contribution in [1.82, 2.24) is 15.0 Å². The summed E-state index contributed by atoms with van der Waals surface area (Å²) in [6, 6.07) is 6.17. The highest BCUT2D eigenvalue weighted by Crippen LogP contribution is 2.23. The van der Waals surface area contributed by atoms with Gasteiger partial charge in [0, 0.05) is 12.4 Å². The zero-order valence-electron chi connectivity index (χ0n) is 10.3. The van der Waals surface area contributed by atoms with E-state index in [2.05, 4.69) is 9.97 Å². The van der Waals surface area contributed by atoms with Gasteiger partial charge in [-0.2, -0.15) is 0 Å². The van der Waals surface area contributed by atoms with Gasteiger partial charge in [-0.25, -0.2) is 14.8 Å². The van der Waals surface area contributed by atoms with Gasteiger partial charge in [-0.05, 0) is 12.1 Å². The van der Waals surface area contributed by atoms with Crippen molar-refractivity contribution < 1.29 is 19.2 Å². The molecule has 2 heterocycles. The molecule has 2 amide bonds. The van der Waals surface area contributed by atoms with Crippen LogP contribution in [0.2, 0.25) is 5.02 Å². The number of hydroxylamine groups is 2. The van der Waals surface area contributed by atoms with Crippen LogP contribution >= 0.6 is 11.6 Å².